The fraction of sp³-hybridized carbons (Fsp3) is 0.267. The maximum atomic E-state index is 11.8. The average molecular weight is 355 g/mol. The molecule has 0 spiro atoms. The van der Waals surface area contributed by atoms with E-state index in [4.69, 9.17) is 11.6 Å². The smallest absolute Gasteiger partial charge is 0.148 e. The summed E-state index contributed by atoms with van der Waals surface area (Å²) in [7, 11) is -3.12. The Morgan fingerprint density at radius 3 is 2.59 bits per heavy atom. The number of benzene rings is 1. The molecule has 0 saturated carbocycles. The van der Waals surface area contributed by atoms with Gasteiger partial charge in [0.1, 0.15) is 9.84 Å². The van der Waals surface area contributed by atoms with Gasteiger partial charge in [0.2, 0.25) is 0 Å². The van der Waals surface area contributed by atoms with Crippen LogP contribution in [0.5, 0.6) is 0 Å². The maximum Gasteiger partial charge on any atom is 0.148 e. The van der Waals surface area contributed by atoms with Crippen LogP contribution in [0.3, 0.4) is 0 Å². The third-order valence-corrected chi connectivity index (χ3v) is 5.72. The van der Waals surface area contributed by atoms with Crippen molar-refractivity contribution in [3.8, 4) is 0 Å². The van der Waals surface area contributed by atoms with E-state index in [-0.39, 0.29) is 17.7 Å². The van der Waals surface area contributed by atoms with Crippen LogP contribution in [0.1, 0.15) is 16.5 Å². The summed E-state index contributed by atoms with van der Waals surface area (Å²) in [6.45, 7) is 0. The Kier molecular flexibility index (Phi) is 4.25. The van der Waals surface area contributed by atoms with Crippen LogP contribution in [-0.4, -0.2) is 26.1 Å². The zero-order chi connectivity index (χ0) is 15.7. The van der Waals surface area contributed by atoms with Crippen molar-refractivity contribution >= 4 is 38.5 Å². The summed E-state index contributed by atoms with van der Waals surface area (Å²) in [5.41, 5.74) is 4.75. The van der Waals surface area contributed by atoms with Gasteiger partial charge in [-0.2, -0.15) is 5.10 Å². The number of halogens is 1. The van der Waals surface area contributed by atoms with Crippen molar-refractivity contribution in [1.82, 2.24) is 5.43 Å². The van der Waals surface area contributed by atoms with Crippen LogP contribution in [0.2, 0.25) is 5.02 Å². The first kappa shape index (κ1) is 15.5. The van der Waals surface area contributed by atoms with Crippen molar-refractivity contribution in [1.29, 1.82) is 0 Å². The highest BCUT2D eigenvalue weighted by atomic mass is 35.5. The van der Waals surface area contributed by atoms with Gasteiger partial charge in [-0.3, -0.25) is 0 Å². The van der Waals surface area contributed by atoms with E-state index in [1.807, 2.05) is 29.6 Å². The third-order valence-electron chi connectivity index (χ3n) is 3.55. The van der Waals surface area contributed by atoms with Crippen molar-refractivity contribution in [3.63, 3.8) is 0 Å². The van der Waals surface area contributed by atoms with Gasteiger partial charge >= 0.3 is 0 Å². The molecule has 1 aromatic heterocycles. The molecule has 0 amide bonds. The maximum absolute atomic E-state index is 11.8. The molecule has 0 aliphatic carbocycles. The third kappa shape index (κ3) is 3.34. The molecule has 2 atom stereocenters. The van der Waals surface area contributed by atoms with Gasteiger partial charge < -0.3 is 5.43 Å². The average Bonchev–Trinajstić information content (AvgIpc) is 3.07. The number of hydrogen-bond acceptors (Lipinski definition) is 5. The van der Waals surface area contributed by atoms with Crippen molar-refractivity contribution < 1.29 is 8.42 Å². The molecule has 1 aromatic carbocycles. The van der Waals surface area contributed by atoms with Crippen molar-refractivity contribution in [2.24, 2.45) is 11.0 Å². The summed E-state index contributed by atoms with van der Waals surface area (Å²) in [6.07, 6.45) is 1.26. The van der Waals surface area contributed by atoms with Gasteiger partial charge in [-0.15, -0.1) is 11.3 Å². The minimum absolute atomic E-state index is 0.0596. The summed E-state index contributed by atoms with van der Waals surface area (Å²) < 4.78 is 23.7. The van der Waals surface area contributed by atoms with Crippen LogP contribution >= 0.6 is 22.9 Å². The highest BCUT2D eigenvalue weighted by molar-refractivity contribution is 7.90. The highest BCUT2D eigenvalue weighted by Gasteiger charge is 2.36. The molecule has 0 fully saturated rings. The van der Waals surface area contributed by atoms with Crippen LogP contribution in [0.25, 0.3) is 0 Å². The summed E-state index contributed by atoms with van der Waals surface area (Å²) in [5.74, 6) is -0.154. The Bertz CT molecular complexity index is 783. The largest absolute Gasteiger partial charge is 0.301 e. The molecule has 1 aliphatic heterocycles. The molecule has 0 saturated heterocycles. The Labute approximate surface area is 138 Å². The molecule has 2 aromatic rings. The summed E-state index contributed by atoms with van der Waals surface area (Å²) in [4.78, 5) is 1.08. The standard InChI is InChI=1S/C15H15ClN2O2S2/c1-22(19,20)9-12-14(10-4-6-11(16)7-5-10)17-18-15(12)13-3-2-8-21-13/h2-8,12,15,18H,9H2,1H3. The van der Waals surface area contributed by atoms with Crippen LogP contribution in [0.4, 0.5) is 0 Å². The van der Waals surface area contributed by atoms with E-state index in [0.717, 1.165) is 16.2 Å². The van der Waals surface area contributed by atoms with Gasteiger partial charge in [-0.1, -0.05) is 29.8 Å². The number of hydrogen-bond donors (Lipinski definition) is 1. The predicted molar refractivity (Wildman–Crippen MR) is 91.4 cm³/mol. The molecular formula is C15H15ClN2O2S2. The van der Waals surface area contributed by atoms with E-state index in [2.05, 4.69) is 10.5 Å². The zero-order valence-electron chi connectivity index (χ0n) is 11.9. The Morgan fingerprint density at radius 2 is 2.00 bits per heavy atom. The summed E-state index contributed by atoms with van der Waals surface area (Å²) >= 11 is 7.52. The quantitative estimate of drug-likeness (QED) is 0.917. The Balaban J connectivity index is 1.96. The second kappa shape index (κ2) is 6.02. The van der Waals surface area contributed by atoms with E-state index < -0.39 is 9.84 Å². The fourth-order valence-electron chi connectivity index (χ4n) is 2.60. The fourth-order valence-corrected chi connectivity index (χ4v) is 4.56. The molecule has 1 aliphatic rings. The first-order valence-corrected chi connectivity index (χ1v) is 10.1. The predicted octanol–water partition coefficient (Wildman–Crippen LogP) is 3.11. The SMILES string of the molecule is CS(=O)(=O)CC1C(c2ccc(Cl)cc2)=NNC1c1cccs1. The molecule has 22 heavy (non-hydrogen) atoms. The first-order chi connectivity index (χ1) is 10.4. The molecule has 0 bridgehead atoms. The minimum Gasteiger partial charge on any atom is -0.301 e. The first-order valence-electron chi connectivity index (χ1n) is 6.74. The van der Waals surface area contributed by atoms with Gasteiger partial charge in [0.05, 0.1) is 17.5 Å². The van der Waals surface area contributed by atoms with E-state index >= 15 is 0 Å². The number of hydrazone groups is 1. The lowest BCUT2D eigenvalue weighted by Gasteiger charge is -2.19. The zero-order valence-corrected chi connectivity index (χ0v) is 14.3. The van der Waals surface area contributed by atoms with E-state index in [0.29, 0.717) is 5.02 Å². The lowest BCUT2D eigenvalue weighted by Crippen LogP contribution is -2.28. The van der Waals surface area contributed by atoms with Crippen LogP contribution in [-0.2, 0) is 9.84 Å². The van der Waals surface area contributed by atoms with Crippen LogP contribution < -0.4 is 5.43 Å². The molecular weight excluding hydrogens is 340 g/mol. The van der Waals surface area contributed by atoms with Gasteiger partial charge in [0, 0.05) is 22.1 Å². The number of thiophene rings is 1. The van der Waals surface area contributed by atoms with Crippen molar-refractivity contribution in [2.75, 3.05) is 12.0 Å². The molecule has 2 unspecified atom stereocenters. The van der Waals surface area contributed by atoms with Crippen LogP contribution in [0.15, 0.2) is 46.9 Å². The minimum atomic E-state index is -3.12. The lowest BCUT2D eigenvalue weighted by atomic mass is 9.92. The molecule has 116 valence electrons. The second-order valence-corrected chi connectivity index (χ2v) is 8.93. The molecule has 3 rings (SSSR count). The van der Waals surface area contributed by atoms with Crippen molar-refractivity contribution in [3.05, 3.63) is 57.2 Å². The normalized spacial score (nSPS) is 21.5. The van der Waals surface area contributed by atoms with Crippen LogP contribution in [0, 0.1) is 5.92 Å². The van der Waals surface area contributed by atoms with E-state index in [9.17, 15) is 8.42 Å². The van der Waals surface area contributed by atoms with Crippen molar-refractivity contribution in [2.45, 2.75) is 6.04 Å². The molecule has 4 nitrogen and oxygen atoms in total. The Hall–Kier alpha value is -1.37. The number of sulfone groups is 1. The Morgan fingerprint density at radius 1 is 1.27 bits per heavy atom. The molecule has 7 heteroatoms. The summed E-state index contributed by atoms with van der Waals surface area (Å²) in [6, 6.07) is 11.2. The number of rotatable bonds is 4. The molecule has 0 radical (unpaired) electrons. The highest BCUT2D eigenvalue weighted by Crippen LogP contribution is 2.34. The number of nitrogens with zero attached hydrogens (tertiary/aromatic N) is 1. The summed E-state index contributed by atoms with van der Waals surface area (Å²) in [5, 5.41) is 7.03. The number of nitrogens with one attached hydrogen (secondary N) is 1. The topological polar surface area (TPSA) is 58.5 Å². The second-order valence-electron chi connectivity index (χ2n) is 5.33. The van der Waals surface area contributed by atoms with Gasteiger partial charge in [-0.25, -0.2) is 8.42 Å². The van der Waals surface area contributed by atoms with E-state index in [1.165, 1.54) is 6.26 Å². The lowest BCUT2D eigenvalue weighted by molar-refractivity contribution is 0.524. The monoisotopic (exact) mass is 354 g/mol. The van der Waals surface area contributed by atoms with Gasteiger partial charge in [0.25, 0.3) is 0 Å². The van der Waals surface area contributed by atoms with Gasteiger partial charge in [-0.05, 0) is 29.1 Å². The molecule has 1 N–H and O–H groups in total. The molecule has 2 heterocycles. The van der Waals surface area contributed by atoms with Gasteiger partial charge in [0.15, 0.2) is 0 Å². The van der Waals surface area contributed by atoms with E-state index in [1.54, 1.807) is 23.5 Å².